The Bertz CT molecular complexity index is 3360. The van der Waals surface area contributed by atoms with E-state index in [0.29, 0.717) is 57.2 Å². The van der Waals surface area contributed by atoms with Crippen LogP contribution < -0.4 is 21.3 Å². The Balaban J connectivity index is 1.21. The van der Waals surface area contributed by atoms with Crippen LogP contribution in [0.5, 0.6) is 0 Å². The molecule has 4 aliphatic heterocycles. The molecule has 0 spiro atoms. The van der Waals surface area contributed by atoms with Gasteiger partial charge in [0.05, 0.1) is 6.42 Å². The maximum Gasteiger partial charge on any atom is 0.246 e. The molecule has 562 valence electrons. The minimum Gasteiger partial charge on any atom is -0.343 e. The van der Waals surface area contributed by atoms with Gasteiger partial charge in [0.1, 0.15) is 72.3 Å². The summed E-state index contributed by atoms with van der Waals surface area (Å²) in [6, 6.07) is -6.00. The fourth-order valence-corrected chi connectivity index (χ4v) is 15.9. The molecule has 24 nitrogen and oxygen atoms in total. The SMILES string of the molecule is CC(C)C[C@@H]1NC(=O)[C@H](CC2CCCCC2)NC(=O)[C@H](C)N(C)C(=O)[C@@H]2CCCN2C(=O)[C@H](C)N(C)C(=O)C[C@@H](C(=O)N2CCCC2)NC(=O)[C@H](C(C)C)N(C)C(=O)[C@H](Cc2ccc(F)cc2)N(C)C(=O)[C@H](CC2CCCC2)NC(=O)[C@H](Cc2ccc(F)c(F)c2)N(C)C(=O)[C@@H]2CCCN2C1=O. The average Bonchev–Trinajstić information content (AvgIpc) is 1.40. The number of carbonyl (C=O) groups is 12. The number of halogens is 3. The van der Waals surface area contributed by atoms with E-state index < -0.39 is 174 Å². The zero-order valence-corrected chi connectivity index (χ0v) is 61.5. The van der Waals surface area contributed by atoms with Crippen molar-refractivity contribution in [1.29, 1.82) is 0 Å². The molecule has 6 aliphatic rings. The molecule has 4 saturated heterocycles. The Labute approximate surface area is 598 Å². The second-order valence-corrected chi connectivity index (χ2v) is 30.3. The molecule has 8 rings (SSSR count). The normalized spacial score (nSPS) is 28.1. The van der Waals surface area contributed by atoms with Gasteiger partial charge in [-0.1, -0.05) is 104 Å². The standard InChI is InChI=1S/C75H109F3N12O12/c1-44(2)37-56-72(99)90-36-20-26-60(90)74(101)85(9)61(42-51-29-32-53(77)54(78)38-51)67(94)81-57(40-49-23-15-16-24-49)70(97)86(10)62(41-50-27-30-52(76)31-28-50)75(102)87(11)64(45(3)4)68(95)82-58(71(98)88-33-17-18-34-88)43-63(91)83(7)47(6)69(96)89-35-19-25-59(89)73(100)84(8)46(5)65(92)79-55(66(93)80-56)39-48-21-13-12-14-22-48/h27-32,38,44-49,55-62,64H,12-26,33-37,39-43H2,1-11H3,(H,79,92)(H,80,93)(H,81,94)(H,82,95)/t46-,47-,55-,56-,57-,58-,59-,60-,61-,62-,64-/m0/s1. The average molecular weight is 1430 g/mol. The van der Waals surface area contributed by atoms with E-state index in [2.05, 4.69) is 21.3 Å². The first-order valence-electron chi connectivity index (χ1n) is 37.0. The van der Waals surface area contributed by atoms with Crippen molar-refractivity contribution in [3.63, 3.8) is 0 Å². The fraction of sp³-hybridized carbons (Fsp3) is 0.680. The highest BCUT2D eigenvalue weighted by Crippen LogP contribution is 2.32. The van der Waals surface area contributed by atoms with Gasteiger partial charge in [-0.3, -0.25) is 57.5 Å². The van der Waals surface area contributed by atoms with Gasteiger partial charge in [-0.25, -0.2) is 13.2 Å². The quantitative estimate of drug-likeness (QED) is 0.212. The highest BCUT2D eigenvalue weighted by Gasteiger charge is 2.47. The van der Waals surface area contributed by atoms with Crippen LogP contribution in [0.15, 0.2) is 42.5 Å². The van der Waals surface area contributed by atoms with Gasteiger partial charge in [0.25, 0.3) is 0 Å². The number of likely N-dealkylation sites (tertiary alicyclic amines) is 1. The third-order valence-corrected chi connectivity index (χ3v) is 22.2. The van der Waals surface area contributed by atoms with Crippen LogP contribution in [0.2, 0.25) is 0 Å². The molecule has 0 bridgehead atoms. The maximum atomic E-state index is 15.7. The summed E-state index contributed by atoms with van der Waals surface area (Å²) < 4.78 is 44.4. The van der Waals surface area contributed by atoms with Gasteiger partial charge < -0.3 is 60.5 Å². The van der Waals surface area contributed by atoms with Crippen molar-refractivity contribution < 1.29 is 70.7 Å². The lowest BCUT2D eigenvalue weighted by Crippen LogP contribution is -2.62. The van der Waals surface area contributed by atoms with Crippen LogP contribution in [0.25, 0.3) is 0 Å². The molecule has 2 aromatic rings. The zero-order valence-electron chi connectivity index (χ0n) is 61.5. The molecule has 2 saturated carbocycles. The monoisotopic (exact) mass is 1430 g/mol. The van der Waals surface area contributed by atoms with Crippen LogP contribution in [0.3, 0.4) is 0 Å². The van der Waals surface area contributed by atoms with E-state index in [1.165, 1.54) is 104 Å². The summed E-state index contributed by atoms with van der Waals surface area (Å²) in [4.78, 5) is 191. The van der Waals surface area contributed by atoms with Crippen molar-refractivity contribution >= 4 is 70.9 Å². The number of benzene rings is 2. The van der Waals surface area contributed by atoms with Gasteiger partial charge in [-0.15, -0.1) is 0 Å². The first-order valence-corrected chi connectivity index (χ1v) is 37.0. The van der Waals surface area contributed by atoms with E-state index >= 15 is 33.2 Å². The molecule has 0 radical (unpaired) electrons. The summed E-state index contributed by atoms with van der Waals surface area (Å²) in [5.74, 6) is -12.2. The van der Waals surface area contributed by atoms with Gasteiger partial charge in [-0.2, -0.15) is 0 Å². The molecule has 4 heterocycles. The van der Waals surface area contributed by atoms with Crippen molar-refractivity contribution in [3.05, 3.63) is 71.0 Å². The van der Waals surface area contributed by atoms with E-state index in [4.69, 9.17) is 0 Å². The van der Waals surface area contributed by atoms with Gasteiger partial charge in [0.15, 0.2) is 11.6 Å². The Kier molecular flexibility index (Phi) is 28.0. The molecule has 2 aromatic carbocycles. The summed E-state index contributed by atoms with van der Waals surface area (Å²) in [7, 11) is 6.90. The highest BCUT2D eigenvalue weighted by atomic mass is 19.2. The Morgan fingerprint density at radius 2 is 0.980 bits per heavy atom. The summed E-state index contributed by atoms with van der Waals surface area (Å²) in [6.45, 7) is 11.0. The third kappa shape index (κ3) is 19.6. The number of amides is 12. The van der Waals surface area contributed by atoms with Crippen molar-refractivity contribution in [2.75, 3.05) is 61.4 Å². The van der Waals surface area contributed by atoms with E-state index in [1.807, 2.05) is 13.8 Å². The molecule has 0 unspecified atom stereocenters. The summed E-state index contributed by atoms with van der Waals surface area (Å²) >= 11 is 0. The van der Waals surface area contributed by atoms with Gasteiger partial charge in [0.2, 0.25) is 70.9 Å². The lowest BCUT2D eigenvalue weighted by Gasteiger charge is -2.38. The first-order chi connectivity index (χ1) is 48.4. The number of rotatable bonds is 12. The number of likely N-dealkylation sites (N-methyl/N-ethyl adjacent to an activating group) is 5. The van der Waals surface area contributed by atoms with Crippen LogP contribution in [0, 0.1) is 41.1 Å². The topological polar surface area (TPSA) is 279 Å². The van der Waals surface area contributed by atoms with Gasteiger partial charge in [0, 0.05) is 74.3 Å². The van der Waals surface area contributed by atoms with Crippen molar-refractivity contribution in [2.24, 2.45) is 23.7 Å². The second-order valence-electron chi connectivity index (χ2n) is 30.3. The maximum absolute atomic E-state index is 15.7. The Hall–Kier alpha value is -8.13. The molecular formula is C75H109F3N12O12. The lowest BCUT2D eigenvalue weighted by molar-refractivity contribution is -0.152. The van der Waals surface area contributed by atoms with E-state index in [0.717, 1.165) is 71.8 Å². The van der Waals surface area contributed by atoms with Crippen molar-refractivity contribution in [3.8, 4) is 0 Å². The van der Waals surface area contributed by atoms with Gasteiger partial charge >= 0.3 is 0 Å². The minimum absolute atomic E-state index is 0.0210. The number of nitrogens with one attached hydrogen (secondary N) is 4. The van der Waals surface area contributed by atoms with Gasteiger partial charge in [-0.05, 0) is 131 Å². The molecule has 11 atom stereocenters. The Morgan fingerprint density at radius 1 is 0.461 bits per heavy atom. The number of nitrogens with zero attached hydrogens (tertiary/aromatic N) is 8. The van der Waals surface area contributed by atoms with Crippen LogP contribution in [0.1, 0.15) is 175 Å². The number of hydrogen-bond donors (Lipinski definition) is 4. The number of fused-ring (bicyclic) bond motifs is 2. The van der Waals surface area contributed by atoms with Crippen molar-refractivity contribution in [2.45, 2.75) is 243 Å². The molecular weight excluding hydrogens is 1320 g/mol. The van der Waals surface area contributed by atoms with Crippen LogP contribution in [-0.2, 0) is 70.4 Å². The Morgan fingerprint density at radius 3 is 1.56 bits per heavy atom. The lowest BCUT2D eigenvalue weighted by atomic mass is 9.84. The van der Waals surface area contributed by atoms with E-state index in [9.17, 15) is 37.5 Å². The number of hydrogen-bond acceptors (Lipinski definition) is 12. The van der Waals surface area contributed by atoms with Crippen molar-refractivity contribution in [1.82, 2.24) is 60.5 Å². The predicted octanol–water partition coefficient (Wildman–Crippen LogP) is 5.26. The minimum atomic E-state index is -1.55. The smallest absolute Gasteiger partial charge is 0.246 e. The zero-order chi connectivity index (χ0) is 74.5. The fourth-order valence-electron chi connectivity index (χ4n) is 15.9. The molecule has 27 heteroatoms. The first kappa shape index (κ1) is 79.6. The molecule has 102 heavy (non-hydrogen) atoms. The molecule has 2 aliphatic carbocycles. The second kappa shape index (κ2) is 35.8. The molecule has 6 fully saturated rings. The largest absolute Gasteiger partial charge is 0.343 e. The molecule has 12 amide bonds. The summed E-state index contributed by atoms with van der Waals surface area (Å²) in [6.07, 6.45) is 8.96. The van der Waals surface area contributed by atoms with E-state index in [-0.39, 0.29) is 74.9 Å². The summed E-state index contributed by atoms with van der Waals surface area (Å²) in [5.41, 5.74) is 0.518. The predicted molar refractivity (Wildman–Crippen MR) is 374 cm³/mol. The number of carbonyl (C=O) groups excluding carboxylic acids is 12. The van der Waals surface area contributed by atoms with Crippen LogP contribution >= 0.6 is 0 Å². The molecule has 0 aromatic heterocycles. The van der Waals surface area contributed by atoms with Crippen LogP contribution in [-0.4, -0.2) is 238 Å². The van der Waals surface area contributed by atoms with E-state index in [1.54, 1.807) is 13.8 Å². The van der Waals surface area contributed by atoms with Crippen LogP contribution in [0.4, 0.5) is 13.2 Å². The highest BCUT2D eigenvalue weighted by molar-refractivity contribution is 6.00. The molecule has 4 N–H and O–H groups in total. The third-order valence-electron chi connectivity index (χ3n) is 22.2. The summed E-state index contributed by atoms with van der Waals surface area (Å²) in [5, 5.41) is 11.6.